The molecule has 0 fully saturated rings. The Morgan fingerprint density at radius 2 is 0.214 bits per heavy atom. The molecule has 78 valence electrons. The van der Waals surface area contributed by atoms with Gasteiger partial charge >= 0.3 is 0 Å². The Hall–Kier alpha value is 6.90. The molecule has 0 amide bonds. The van der Waals surface area contributed by atoms with Gasteiger partial charge in [0.1, 0.15) is 0 Å². The predicted octanol–water partition coefficient (Wildman–Crippen LogP) is 0.623. The van der Waals surface area contributed by atoms with Crippen LogP contribution < -0.4 is 24.6 Å². The van der Waals surface area contributed by atoms with Gasteiger partial charge in [-0.15, -0.1) is 0 Å². The molecule has 0 aromatic carbocycles. The largest absolute Gasteiger partial charge is 0.344 e. The third-order valence-electron chi connectivity index (χ3n) is 0. The SMILES string of the molecule is N.N.N.N.[Ti].[Ti].[Ti].[Ti].[Ti].[Ti].[Ti].[W].[W].[W]. The van der Waals surface area contributed by atoms with Gasteiger partial charge in [-0.1, -0.05) is 0 Å². The summed E-state index contributed by atoms with van der Waals surface area (Å²) >= 11 is 0. The van der Waals surface area contributed by atoms with E-state index in [-0.39, 0.29) is 240 Å². The van der Waals surface area contributed by atoms with Crippen LogP contribution >= 0.6 is 0 Å². The zero-order valence-electron chi connectivity index (χ0n) is 7.55. The summed E-state index contributed by atoms with van der Waals surface area (Å²) in [6, 6.07) is 0. The van der Waals surface area contributed by atoms with E-state index in [1.807, 2.05) is 0 Å². The van der Waals surface area contributed by atoms with Crippen LogP contribution in [-0.2, 0) is 215 Å². The van der Waals surface area contributed by atoms with Crippen molar-refractivity contribution >= 4 is 0 Å². The summed E-state index contributed by atoms with van der Waals surface area (Å²) in [6.45, 7) is 0. The second kappa shape index (κ2) is 149. The standard InChI is InChI=1S/4H3N.7Ti.3W/h4*1H3;;;;;;;;;;. The van der Waals surface area contributed by atoms with E-state index < -0.39 is 0 Å². The molecule has 14 heteroatoms. The second-order valence-electron chi connectivity index (χ2n) is 0. The van der Waals surface area contributed by atoms with E-state index in [0.29, 0.717) is 0 Å². The Bertz CT molecular complexity index is 20.9. The molecular weight excluding hydrogens is 943 g/mol. The fourth-order valence-electron chi connectivity index (χ4n) is 0. The molecule has 0 spiro atoms. The average molecular weight is 955 g/mol. The van der Waals surface area contributed by atoms with Crippen molar-refractivity contribution in [3.8, 4) is 0 Å². The fraction of sp³-hybridized carbons (Fsp3) is 0. The van der Waals surface area contributed by atoms with Crippen molar-refractivity contribution in [1.82, 2.24) is 24.6 Å². The fourth-order valence-corrected chi connectivity index (χ4v) is 0. The maximum absolute atomic E-state index is 0. The van der Waals surface area contributed by atoms with E-state index in [0.717, 1.165) is 0 Å². The predicted molar refractivity (Wildman–Crippen MR) is 20.1 cm³/mol. The number of rotatable bonds is 0. The Balaban J connectivity index is 0. The third-order valence-corrected chi connectivity index (χ3v) is 0. The van der Waals surface area contributed by atoms with E-state index in [9.17, 15) is 0 Å². The van der Waals surface area contributed by atoms with Gasteiger partial charge in [0.2, 0.25) is 0 Å². The average Bonchev–Trinajstić information content (AvgIpc) is 0. The van der Waals surface area contributed by atoms with Crippen LogP contribution in [0, 0.1) is 0 Å². The van der Waals surface area contributed by atoms with E-state index in [1.165, 1.54) is 0 Å². The molecule has 4 nitrogen and oxygen atoms in total. The second-order valence-corrected chi connectivity index (χ2v) is 0. The summed E-state index contributed by atoms with van der Waals surface area (Å²) in [5, 5.41) is 0. The minimum absolute atomic E-state index is 0. The molecule has 0 radical (unpaired) electrons. The molecule has 14 heavy (non-hydrogen) atoms. The maximum Gasteiger partial charge on any atom is 0 e. The summed E-state index contributed by atoms with van der Waals surface area (Å²) < 4.78 is 0. The van der Waals surface area contributed by atoms with Crippen LogP contribution in [-0.4, -0.2) is 0 Å². The molecule has 0 aromatic rings. The molecule has 0 bridgehead atoms. The minimum atomic E-state index is 0. The first kappa shape index (κ1) is 174. The van der Waals surface area contributed by atoms with Gasteiger partial charge in [-0.2, -0.15) is 0 Å². The van der Waals surface area contributed by atoms with Crippen molar-refractivity contribution in [3.05, 3.63) is 0 Å². The first-order chi connectivity index (χ1) is 0. The molecule has 0 rings (SSSR count). The van der Waals surface area contributed by atoms with Gasteiger partial charge in [-0.05, 0) is 0 Å². The van der Waals surface area contributed by atoms with Crippen molar-refractivity contribution in [2.75, 3.05) is 0 Å². The Morgan fingerprint density at radius 3 is 0.214 bits per heavy atom. The van der Waals surface area contributed by atoms with Gasteiger partial charge in [0, 0.05) is 215 Å². The van der Waals surface area contributed by atoms with Gasteiger partial charge < -0.3 is 24.6 Å². The zero-order chi connectivity index (χ0) is 0. The normalized spacial score (nSPS) is 0. The van der Waals surface area contributed by atoms with Gasteiger partial charge in [-0.3, -0.25) is 0 Å². The van der Waals surface area contributed by atoms with Gasteiger partial charge in [0.25, 0.3) is 0 Å². The molecule has 0 aliphatic heterocycles. The van der Waals surface area contributed by atoms with Crippen LogP contribution in [0.4, 0.5) is 0 Å². The molecule has 12 N–H and O–H groups in total. The van der Waals surface area contributed by atoms with Crippen molar-refractivity contribution in [2.45, 2.75) is 0 Å². The first-order valence-electron chi connectivity index (χ1n) is 0. The smallest absolute Gasteiger partial charge is 0 e. The van der Waals surface area contributed by atoms with Crippen molar-refractivity contribution in [3.63, 3.8) is 0 Å². The zero-order valence-corrected chi connectivity index (χ0v) is 27.3. The van der Waals surface area contributed by atoms with Crippen LogP contribution in [0.25, 0.3) is 0 Å². The Labute approximate surface area is 234 Å². The first-order valence-corrected chi connectivity index (χ1v) is 0. The monoisotopic (exact) mass is 956 g/mol. The molecule has 0 aromatic heterocycles. The minimum Gasteiger partial charge on any atom is -0.344 e. The van der Waals surface area contributed by atoms with Gasteiger partial charge in [0.05, 0.1) is 0 Å². The molecule has 0 saturated carbocycles. The summed E-state index contributed by atoms with van der Waals surface area (Å²) in [5.74, 6) is 0. The van der Waals surface area contributed by atoms with Crippen molar-refractivity contribution in [1.29, 1.82) is 0 Å². The van der Waals surface area contributed by atoms with Crippen LogP contribution in [0.15, 0.2) is 0 Å². The summed E-state index contributed by atoms with van der Waals surface area (Å²) in [5.41, 5.74) is 0. The van der Waals surface area contributed by atoms with Crippen LogP contribution in [0.5, 0.6) is 0 Å². The van der Waals surface area contributed by atoms with Crippen LogP contribution in [0.3, 0.4) is 0 Å². The van der Waals surface area contributed by atoms with Crippen molar-refractivity contribution in [2.24, 2.45) is 0 Å². The molecule has 0 saturated heterocycles. The van der Waals surface area contributed by atoms with E-state index in [2.05, 4.69) is 0 Å². The molecule has 0 aliphatic rings. The molecular formula is H12N4Ti7W3. The Kier molecular flexibility index (Phi) is 1850. The third kappa shape index (κ3) is 127. The number of hydrogen-bond acceptors (Lipinski definition) is 4. The summed E-state index contributed by atoms with van der Waals surface area (Å²) in [6.07, 6.45) is 0. The quantitative estimate of drug-likeness (QED) is 0.265. The van der Waals surface area contributed by atoms with Gasteiger partial charge in [-0.25, -0.2) is 0 Å². The molecule has 0 heterocycles. The molecule has 0 unspecified atom stereocenters. The van der Waals surface area contributed by atoms with E-state index >= 15 is 0 Å². The van der Waals surface area contributed by atoms with Crippen molar-refractivity contribution < 1.29 is 215 Å². The summed E-state index contributed by atoms with van der Waals surface area (Å²) in [7, 11) is 0. The Morgan fingerprint density at radius 1 is 0.214 bits per heavy atom. The topological polar surface area (TPSA) is 140 Å². The van der Waals surface area contributed by atoms with Gasteiger partial charge in [0.15, 0.2) is 0 Å². The van der Waals surface area contributed by atoms with Crippen LogP contribution in [0.2, 0.25) is 0 Å². The molecule has 0 aliphatic carbocycles. The summed E-state index contributed by atoms with van der Waals surface area (Å²) in [4.78, 5) is 0. The van der Waals surface area contributed by atoms with E-state index in [4.69, 9.17) is 0 Å². The van der Waals surface area contributed by atoms with E-state index in [1.54, 1.807) is 0 Å². The maximum atomic E-state index is 0. The number of hydrogen-bond donors (Lipinski definition) is 4. The molecule has 0 atom stereocenters. The van der Waals surface area contributed by atoms with Crippen LogP contribution in [0.1, 0.15) is 0 Å².